The number of hydrogen-bond acceptors (Lipinski definition) is 5. The van der Waals surface area contributed by atoms with Crippen LogP contribution < -0.4 is 20.5 Å². The van der Waals surface area contributed by atoms with Crippen LogP contribution >= 0.6 is 11.9 Å². The molecule has 2 aromatic carbocycles. The van der Waals surface area contributed by atoms with Crippen LogP contribution in [0.2, 0.25) is 0 Å². The van der Waals surface area contributed by atoms with Crippen LogP contribution in [-0.4, -0.2) is 19.0 Å². The maximum absolute atomic E-state index is 13.3. The Bertz CT molecular complexity index is 742. The van der Waals surface area contributed by atoms with Gasteiger partial charge in [0.1, 0.15) is 11.6 Å². The molecule has 2 rings (SSSR count). The first-order chi connectivity index (χ1) is 14.4. The van der Waals surface area contributed by atoms with E-state index in [1.807, 2.05) is 46.8 Å². The molecule has 7 heteroatoms. The summed E-state index contributed by atoms with van der Waals surface area (Å²) in [7, 11) is 0. The van der Waals surface area contributed by atoms with Crippen molar-refractivity contribution >= 4 is 24.0 Å². The molecule has 0 aromatic heterocycles. The lowest BCUT2D eigenvalue weighted by Gasteiger charge is -2.17. The molecule has 0 unspecified atom stereocenters. The number of hydrogen-bond donors (Lipinski definition) is 3. The van der Waals surface area contributed by atoms with E-state index >= 15 is 0 Å². The third-order valence-electron chi connectivity index (χ3n) is 3.59. The van der Waals surface area contributed by atoms with Gasteiger partial charge in [-0.2, -0.15) is 0 Å². The van der Waals surface area contributed by atoms with Crippen molar-refractivity contribution in [2.75, 3.05) is 11.9 Å². The molecule has 0 saturated heterocycles. The van der Waals surface area contributed by atoms with Gasteiger partial charge in [0, 0.05) is 18.7 Å². The first-order valence-corrected chi connectivity index (χ1v) is 11.2. The van der Waals surface area contributed by atoms with E-state index in [0.29, 0.717) is 17.9 Å². The zero-order chi connectivity index (χ0) is 22.9. The van der Waals surface area contributed by atoms with Gasteiger partial charge in [-0.05, 0) is 69.0 Å². The Morgan fingerprint density at radius 3 is 2.43 bits per heavy atom. The topological polar surface area (TPSA) is 76.4 Å². The molecule has 1 amide bonds. The van der Waals surface area contributed by atoms with E-state index in [0.717, 1.165) is 47.5 Å². The molecule has 30 heavy (non-hydrogen) atoms. The van der Waals surface area contributed by atoms with Crippen LogP contribution in [0.3, 0.4) is 0 Å². The SMILES string of the molecule is CC.CC(C)NC=O.CCCCNc1cc(C)cc(SN)c1Oc1cccc(F)c1. The van der Waals surface area contributed by atoms with Crippen molar-refractivity contribution in [3.8, 4) is 11.5 Å². The van der Waals surface area contributed by atoms with Gasteiger partial charge >= 0.3 is 0 Å². The second kappa shape index (κ2) is 16.5. The Labute approximate surface area is 185 Å². The van der Waals surface area contributed by atoms with Crippen molar-refractivity contribution in [2.45, 2.75) is 65.3 Å². The fraction of sp³-hybridized carbons (Fsp3) is 0.435. The van der Waals surface area contributed by atoms with Crippen LogP contribution in [0.1, 0.15) is 53.0 Å². The quantitative estimate of drug-likeness (QED) is 0.245. The number of nitrogens with two attached hydrogens (primary N) is 1. The summed E-state index contributed by atoms with van der Waals surface area (Å²) in [6.45, 7) is 12.8. The van der Waals surface area contributed by atoms with E-state index in [1.165, 1.54) is 12.1 Å². The minimum absolute atomic E-state index is 0.280. The standard InChI is InChI=1S/C17H21FN2OS.C4H9NO.C2H6/c1-3-4-8-20-15-9-12(2)10-16(22-19)17(15)21-14-7-5-6-13(18)11-14;1-4(2)5-3-6;1-2/h5-7,9-11,20H,3-4,8,19H2,1-2H3;3-4H,1-2H3,(H,5,6);1-2H3. The van der Waals surface area contributed by atoms with Crippen LogP contribution in [0, 0.1) is 12.7 Å². The number of ether oxygens (including phenoxy) is 1. The summed E-state index contributed by atoms with van der Waals surface area (Å²) in [5, 5.41) is 11.7. The third-order valence-corrected chi connectivity index (χ3v) is 4.15. The molecule has 0 fully saturated rings. The first-order valence-electron chi connectivity index (χ1n) is 10.3. The number of carbonyl (C=O) groups is 1. The van der Waals surface area contributed by atoms with E-state index < -0.39 is 0 Å². The van der Waals surface area contributed by atoms with Crippen LogP contribution in [0.4, 0.5) is 10.1 Å². The normalized spacial score (nSPS) is 9.63. The number of rotatable bonds is 9. The van der Waals surface area contributed by atoms with E-state index in [9.17, 15) is 9.18 Å². The zero-order valence-electron chi connectivity index (χ0n) is 18.9. The molecular formula is C23H36FN3O2S. The fourth-order valence-corrected chi connectivity index (χ4v) is 2.76. The van der Waals surface area contributed by atoms with Crippen LogP contribution in [0.5, 0.6) is 11.5 Å². The first kappa shape index (κ1) is 27.8. The van der Waals surface area contributed by atoms with Crippen LogP contribution in [-0.2, 0) is 4.79 Å². The molecule has 0 bridgehead atoms. The molecule has 168 valence electrons. The molecule has 0 saturated carbocycles. The summed E-state index contributed by atoms with van der Waals surface area (Å²) in [6, 6.07) is 10.4. The highest BCUT2D eigenvalue weighted by Crippen LogP contribution is 2.38. The van der Waals surface area contributed by atoms with Crippen molar-refractivity contribution in [3.63, 3.8) is 0 Å². The molecule has 0 aliphatic rings. The van der Waals surface area contributed by atoms with E-state index in [-0.39, 0.29) is 11.9 Å². The van der Waals surface area contributed by atoms with E-state index in [2.05, 4.69) is 17.6 Å². The summed E-state index contributed by atoms with van der Waals surface area (Å²) in [4.78, 5) is 10.3. The van der Waals surface area contributed by atoms with Crippen molar-refractivity contribution in [1.82, 2.24) is 5.32 Å². The lowest BCUT2D eigenvalue weighted by Crippen LogP contribution is -2.19. The van der Waals surface area contributed by atoms with Gasteiger partial charge in [0.2, 0.25) is 6.41 Å². The van der Waals surface area contributed by atoms with Crippen molar-refractivity contribution < 1.29 is 13.9 Å². The average Bonchev–Trinajstić information content (AvgIpc) is 2.71. The van der Waals surface area contributed by atoms with Gasteiger partial charge in [0.15, 0.2) is 5.75 Å². The average molecular weight is 438 g/mol. The largest absolute Gasteiger partial charge is 0.454 e. The Kier molecular flexibility index (Phi) is 15.3. The van der Waals surface area contributed by atoms with Gasteiger partial charge in [0.05, 0.1) is 10.6 Å². The van der Waals surface area contributed by atoms with Gasteiger partial charge < -0.3 is 15.4 Å². The number of benzene rings is 2. The van der Waals surface area contributed by atoms with Crippen LogP contribution in [0.15, 0.2) is 41.3 Å². The summed E-state index contributed by atoms with van der Waals surface area (Å²) < 4.78 is 19.2. The number of anilines is 1. The molecule has 0 heterocycles. The van der Waals surface area contributed by atoms with Crippen molar-refractivity contribution in [3.05, 3.63) is 47.8 Å². The second-order valence-electron chi connectivity index (χ2n) is 6.54. The highest BCUT2D eigenvalue weighted by molar-refractivity contribution is 7.97. The molecular weight excluding hydrogens is 401 g/mol. The monoisotopic (exact) mass is 437 g/mol. The molecule has 5 nitrogen and oxygen atoms in total. The molecule has 0 radical (unpaired) electrons. The Balaban J connectivity index is 0.000000905. The molecule has 2 aromatic rings. The molecule has 0 atom stereocenters. The lowest BCUT2D eigenvalue weighted by atomic mass is 10.2. The Morgan fingerprint density at radius 2 is 1.93 bits per heavy atom. The Hall–Kier alpha value is -2.25. The van der Waals surface area contributed by atoms with Gasteiger partial charge in [-0.15, -0.1) is 0 Å². The zero-order valence-corrected chi connectivity index (χ0v) is 19.7. The number of unbranched alkanes of at least 4 members (excludes halogenated alkanes) is 1. The van der Waals surface area contributed by atoms with Crippen molar-refractivity contribution in [1.29, 1.82) is 0 Å². The van der Waals surface area contributed by atoms with Gasteiger partial charge in [0.25, 0.3) is 0 Å². The predicted molar refractivity (Wildman–Crippen MR) is 127 cm³/mol. The van der Waals surface area contributed by atoms with Gasteiger partial charge in [-0.25, -0.2) is 4.39 Å². The van der Waals surface area contributed by atoms with Gasteiger partial charge in [-0.1, -0.05) is 33.3 Å². The summed E-state index contributed by atoms with van der Waals surface area (Å²) >= 11 is 1.13. The Morgan fingerprint density at radius 1 is 1.23 bits per heavy atom. The summed E-state index contributed by atoms with van der Waals surface area (Å²) in [6.07, 6.45) is 2.88. The van der Waals surface area contributed by atoms with Gasteiger partial charge in [-0.3, -0.25) is 9.93 Å². The maximum Gasteiger partial charge on any atom is 0.207 e. The maximum atomic E-state index is 13.3. The highest BCUT2D eigenvalue weighted by Gasteiger charge is 2.13. The van der Waals surface area contributed by atoms with Crippen molar-refractivity contribution in [2.24, 2.45) is 5.14 Å². The fourth-order valence-electron chi connectivity index (χ4n) is 2.25. The lowest BCUT2D eigenvalue weighted by molar-refractivity contribution is -0.109. The number of halogens is 1. The number of aryl methyl sites for hydroxylation is 1. The highest BCUT2D eigenvalue weighted by atomic mass is 32.2. The molecule has 0 aliphatic carbocycles. The second-order valence-corrected chi connectivity index (χ2v) is 7.21. The van der Waals surface area contributed by atoms with E-state index in [1.54, 1.807) is 12.1 Å². The molecule has 4 N–H and O–H groups in total. The smallest absolute Gasteiger partial charge is 0.207 e. The summed E-state index contributed by atoms with van der Waals surface area (Å²) in [5.41, 5.74) is 1.98. The minimum atomic E-state index is -0.327. The number of carbonyl (C=O) groups excluding carboxylic acids is 1. The summed E-state index contributed by atoms with van der Waals surface area (Å²) in [5.74, 6) is 0.768. The molecule has 0 aliphatic heterocycles. The van der Waals surface area contributed by atoms with Crippen LogP contribution in [0.25, 0.3) is 0 Å². The minimum Gasteiger partial charge on any atom is -0.454 e. The van der Waals surface area contributed by atoms with E-state index in [4.69, 9.17) is 9.88 Å². The predicted octanol–water partition coefficient (Wildman–Crippen LogP) is 6.27. The number of amides is 1. The third kappa shape index (κ3) is 11.1. The number of nitrogens with one attached hydrogen (secondary N) is 2. The molecule has 0 spiro atoms.